The van der Waals surface area contributed by atoms with Crippen LogP contribution in [0.5, 0.6) is 0 Å². The fourth-order valence-corrected chi connectivity index (χ4v) is 2.05. The van der Waals surface area contributed by atoms with Crippen molar-refractivity contribution in [2.75, 3.05) is 0 Å². The predicted octanol–water partition coefficient (Wildman–Crippen LogP) is 3.12. The maximum Gasteiger partial charge on any atom is 0.269 e. The molecule has 1 atom stereocenters. The number of non-ortho nitro benzene ring substituents is 1. The molecule has 0 aliphatic rings. The van der Waals surface area contributed by atoms with E-state index in [1.165, 1.54) is 24.3 Å². The van der Waals surface area contributed by atoms with Gasteiger partial charge in [-0.25, -0.2) is 0 Å². The summed E-state index contributed by atoms with van der Waals surface area (Å²) in [6, 6.07) is 15.1. The quantitative estimate of drug-likeness (QED) is 0.505. The van der Waals surface area contributed by atoms with Crippen LogP contribution in [0.3, 0.4) is 0 Å². The Bertz CT molecular complexity index is 666. The third kappa shape index (κ3) is 4.02. The van der Waals surface area contributed by atoms with Gasteiger partial charge in [0.2, 0.25) is 0 Å². The van der Waals surface area contributed by atoms with Crippen molar-refractivity contribution in [3.63, 3.8) is 0 Å². The van der Waals surface area contributed by atoms with Crippen LogP contribution in [0.25, 0.3) is 0 Å². The fourth-order valence-electron chi connectivity index (χ4n) is 2.05. The summed E-state index contributed by atoms with van der Waals surface area (Å²) in [5.74, 6) is -0.282. The van der Waals surface area contributed by atoms with Gasteiger partial charge in [-0.3, -0.25) is 14.9 Å². The second kappa shape index (κ2) is 7.17. The summed E-state index contributed by atoms with van der Waals surface area (Å²) in [6.45, 7) is 3.74. The number of hydrogen-bond donors (Lipinski definition) is 1. The normalized spacial score (nSPS) is 11.5. The highest BCUT2D eigenvalue weighted by atomic mass is 16.6. The van der Waals surface area contributed by atoms with Crippen molar-refractivity contribution in [2.24, 2.45) is 0 Å². The minimum Gasteiger partial charge on any atom is -0.346 e. The summed E-state index contributed by atoms with van der Waals surface area (Å²) < 4.78 is 0. The van der Waals surface area contributed by atoms with E-state index in [1.807, 2.05) is 30.3 Å². The van der Waals surface area contributed by atoms with E-state index in [0.29, 0.717) is 12.0 Å². The zero-order valence-corrected chi connectivity index (χ0v) is 11.9. The molecule has 0 aliphatic carbocycles. The summed E-state index contributed by atoms with van der Waals surface area (Å²) in [7, 11) is 0. The molecule has 112 valence electrons. The molecule has 2 aromatic rings. The Morgan fingerprint density at radius 3 is 2.36 bits per heavy atom. The van der Waals surface area contributed by atoms with Gasteiger partial charge >= 0.3 is 0 Å². The van der Waals surface area contributed by atoms with E-state index in [1.54, 1.807) is 6.08 Å². The smallest absolute Gasteiger partial charge is 0.269 e. The monoisotopic (exact) mass is 296 g/mol. The zero-order chi connectivity index (χ0) is 15.9. The molecule has 5 heteroatoms. The van der Waals surface area contributed by atoms with E-state index < -0.39 is 4.92 Å². The molecular formula is C17H16N2O3. The lowest BCUT2D eigenvalue weighted by atomic mass is 10.1. The summed E-state index contributed by atoms with van der Waals surface area (Å²) >= 11 is 0. The first-order chi connectivity index (χ1) is 10.6. The van der Waals surface area contributed by atoms with Gasteiger partial charge in [0.15, 0.2) is 0 Å². The molecule has 0 saturated heterocycles. The number of amides is 1. The highest BCUT2D eigenvalue weighted by Gasteiger charge is 2.13. The first kappa shape index (κ1) is 15.4. The van der Waals surface area contributed by atoms with Crippen LogP contribution in [-0.4, -0.2) is 16.9 Å². The number of carbonyl (C=O) groups excluding carboxylic acids is 1. The molecule has 1 amide bonds. The third-order valence-corrected chi connectivity index (χ3v) is 3.24. The first-order valence-corrected chi connectivity index (χ1v) is 6.82. The van der Waals surface area contributed by atoms with E-state index in [2.05, 4.69) is 11.9 Å². The number of hydrogen-bond acceptors (Lipinski definition) is 3. The Kier molecular flexibility index (Phi) is 5.03. The molecule has 5 nitrogen and oxygen atoms in total. The SMILES string of the molecule is C=C[C@H](Cc1ccccc1)NC(=O)c1ccc([N+](=O)[O-])cc1. The highest BCUT2D eigenvalue weighted by molar-refractivity contribution is 5.94. The van der Waals surface area contributed by atoms with Gasteiger partial charge in [-0.15, -0.1) is 6.58 Å². The summed E-state index contributed by atoms with van der Waals surface area (Å²) in [6.07, 6.45) is 2.32. The van der Waals surface area contributed by atoms with E-state index in [-0.39, 0.29) is 17.6 Å². The van der Waals surface area contributed by atoms with Crippen molar-refractivity contribution >= 4 is 11.6 Å². The van der Waals surface area contributed by atoms with Gasteiger partial charge in [0.1, 0.15) is 0 Å². The van der Waals surface area contributed by atoms with Gasteiger partial charge in [-0.05, 0) is 24.1 Å². The second-order valence-corrected chi connectivity index (χ2v) is 4.81. The molecule has 0 aromatic heterocycles. The number of nitrogens with one attached hydrogen (secondary N) is 1. The average molecular weight is 296 g/mol. The number of nitro groups is 1. The van der Waals surface area contributed by atoms with Crippen molar-refractivity contribution in [1.29, 1.82) is 0 Å². The number of carbonyl (C=O) groups is 1. The van der Waals surface area contributed by atoms with Crippen LogP contribution in [0.2, 0.25) is 0 Å². The van der Waals surface area contributed by atoms with Crippen molar-refractivity contribution in [1.82, 2.24) is 5.32 Å². The molecule has 0 heterocycles. The standard InChI is InChI=1S/C17H16N2O3/c1-2-15(12-13-6-4-3-5-7-13)18-17(20)14-8-10-16(11-9-14)19(21)22/h2-11,15H,1,12H2,(H,18,20)/t15-/m1/s1. The maximum absolute atomic E-state index is 12.2. The number of nitrogens with zero attached hydrogens (tertiary/aromatic N) is 1. The van der Waals surface area contributed by atoms with Gasteiger partial charge in [-0.2, -0.15) is 0 Å². The van der Waals surface area contributed by atoms with E-state index >= 15 is 0 Å². The largest absolute Gasteiger partial charge is 0.346 e. The zero-order valence-electron chi connectivity index (χ0n) is 11.9. The topological polar surface area (TPSA) is 72.2 Å². The van der Waals surface area contributed by atoms with Crippen molar-refractivity contribution in [3.05, 3.63) is 88.5 Å². The van der Waals surface area contributed by atoms with Gasteiger partial charge < -0.3 is 5.32 Å². The van der Waals surface area contributed by atoms with Gasteiger partial charge in [-0.1, -0.05) is 36.4 Å². The molecule has 2 aromatic carbocycles. The van der Waals surface area contributed by atoms with Crippen LogP contribution in [-0.2, 0) is 6.42 Å². The summed E-state index contributed by atoms with van der Waals surface area (Å²) in [5, 5.41) is 13.5. The van der Waals surface area contributed by atoms with Crippen LogP contribution in [0.1, 0.15) is 15.9 Å². The van der Waals surface area contributed by atoms with E-state index in [0.717, 1.165) is 5.56 Å². The van der Waals surface area contributed by atoms with Crippen molar-refractivity contribution < 1.29 is 9.72 Å². The molecule has 0 unspecified atom stereocenters. The molecule has 22 heavy (non-hydrogen) atoms. The van der Waals surface area contributed by atoms with Crippen LogP contribution in [0.4, 0.5) is 5.69 Å². The number of rotatable bonds is 6. The average Bonchev–Trinajstić information content (AvgIpc) is 2.55. The van der Waals surface area contributed by atoms with Gasteiger partial charge in [0.05, 0.1) is 11.0 Å². The molecular weight excluding hydrogens is 280 g/mol. The van der Waals surface area contributed by atoms with Crippen molar-refractivity contribution in [3.8, 4) is 0 Å². The van der Waals surface area contributed by atoms with Crippen LogP contribution in [0, 0.1) is 10.1 Å². The summed E-state index contributed by atoms with van der Waals surface area (Å²) in [5.41, 5.74) is 1.43. The first-order valence-electron chi connectivity index (χ1n) is 6.82. The Balaban J connectivity index is 2.02. The number of nitro benzene ring substituents is 1. The third-order valence-electron chi connectivity index (χ3n) is 3.24. The molecule has 0 aliphatic heterocycles. The molecule has 1 N–H and O–H groups in total. The van der Waals surface area contributed by atoms with Gasteiger partial charge in [0.25, 0.3) is 11.6 Å². The Morgan fingerprint density at radius 1 is 1.18 bits per heavy atom. The van der Waals surface area contributed by atoms with Crippen LogP contribution < -0.4 is 5.32 Å². The predicted molar refractivity (Wildman–Crippen MR) is 84.7 cm³/mol. The highest BCUT2D eigenvalue weighted by Crippen LogP contribution is 2.12. The lowest BCUT2D eigenvalue weighted by Crippen LogP contribution is -2.34. The molecule has 0 spiro atoms. The van der Waals surface area contributed by atoms with Gasteiger partial charge in [0, 0.05) is 17.7 Å². The second-order valence-electron chi connectivity index (χ2n) is 4.81. The summed E-state index contributed by atoms with van der Waals surface area (Å²) in [4.78, 5) is 22.3. The minimum absolute atomic E-state index is 0.0406. The molecule has 2 rings (SSSR count). The maximum atomic E-state index is 12.2. The van der Waals surface area contributed by atoms with Crippen molar-refractivity contribution in [2.45, 2.75) is 12.5 Å². The lowest BCUT2D eigenvalue weighted by Gasteiger charge is -2.15. The van der Waals surface area contributed by atoms with Crippen LogP contribution >= 0.6 is 0 Å². The Labute approximate surface area is 128 Å². The fraction of sp³-hybridized carbons (Fsp3) is 0.118. The van der Waals surface area contributed by atoms with Crippen LogP contribution in [0.15, 0.2) is 67.3 Å². The Morgan fingerprint density at radius 2 is 1.82 bits per heavy atom. The minimum atomic E-state index is -0.496. The number of benzene rings is 2. The lowest BCUT2D eigenvalue weighted by molar-refractivity contribution is -0.384. The molecule has 0 radical (unpaired) electrons. The Hall–Kier alpha value is -2.95. The molecule has 0 fully saturated rings. The molecule has 0 saturated carbocycles. The van der Waals surface area contributed by atoms with E-state index in [9.17, 15) is 14.9 Å². The van der Waals surface area contributed by atoms with E-state index in [4.69, 9.17) is 0 Å². The molecule has 0 bridgehead atoms.